The lowest BCUT2D eigenvalue weighted by atomic mass is 10.00. The van der Waals surface area contributed by atoms with Gasteiger partial charge in [-0.2, -0.15) is 5.10 Å². The highest BCUT2D eigenvalue weighted by molar-refractivity contribution is 5.38. The molecule has 1 heterocycles. The fourth-order valence-corrected chi connectivity index (χ4v) is 1.95. The number of nitrogens with zero attached hydrogens (tertiary/aromatic N) is 2. The van der Waals surface area contributed by atoms with Crippen LogP contribution in [-0.4, -0.2) is 21.4 Å². The van der Waals surface area contributed by atoms with Crippen molar-refractivity contribution in [2.75, 3.05) is 11.9 Å². The van der Waals surface area contributed by atoms with Crippen LogP contribution in [0.5, 0.6) is 0 Å². The van der Waals surface area contributed by atoms with Gasteiger partial charge < -0.3 is 10.4 Å². The number of benzene rings is 1. The van der Waals surface area contributed by atoms with Crippen molar-refractivity contribution in [3.05, 3.63) is 47.8 Å². The summed E-state index contributed by atoms with van der Waals surface area (Å²) in [5.74, 6) is 0.514. The van der Waals surface area contributed by atoms with Crippen molar-refractivity contribution in [3.8, 4) is 0 Å². The van der Waals surface area contributed by atoms with Crippen LogP contribution in [0, 0.1) is 0 Å². The van der Waals surface area contributed by atoms with E-state index in [0.29, 0.717) is 12.5 Å². The van der Waals surface area contributed by atoms with E-state index in [0.717, 1.165) is 11.3 Å². The Bertz CT molecular complexity index is 516. The number of hydrogen-bond donors (Lipinski definition) is 2. The van der Waals surface area contributed by atoms with Crippen LogP contribution in [-0.2, 0) is 7.05 Å². The molecule has 19 heavy (non-hydrogen) atoms. The molecule has 4 nitrogen and oxygen atoms in total. The number of aliphatic hydroxyl groups is 1. The summed E-state index contributed by atoms with van der Waals surface area (Å²) >= 11 is 0. The van der Waals surface area contributed by atoms with Gasteiger partial charge in [0, 0.05) is 19.8 Å². The first kappa shape index (κ1) is 13.6. The number of hydrogen-bond acceptors (Lipinski definition) is 3. The van der Waals surface area contributed by atoms with E-state index in [1.54, 1.807) is 10.9 Å². The molecule has 0 fully saturated rings. The Morgan fingerprint density at radius 2 is 1.84 bits per heavy atom. The lowest BCUT2D eigenvalue weighted by Crippen LogP contribution is -2.11. The van der Waals surface area contributed by atoms with E-state index < -0.39 is 6.10 Å². The van der Waals surface area contributed by atoms with Gasteiger partial charge in [-0.1, -0.05) is 38.1 Å². The Balaban J connectivity index is 1.94. The highest BCUT2D eigenvalue weighted by Crippen LogP contribution is 2.19. The van der Waals surface area contributed by atoms with E-state index in [1.165, 1.54) is 5.56 Å². The van der Waals surface area contributed by atoms with Gasteiger partial charge in [0.15, 0.2) is 0 Å². The molecule has 0 bridgehead atoms. The molecule has 1 atom stereocenters. The smallest absolute Gasteiger partial charge is 0.0962 e. The van der Waals surface area contributed by atoms with Gasteiger partial charge in [-0.3, -0.25) is 4.68 Å². The Kier molecular flexibility index (Phi) is 4.22. The molecule has 0 radical (unpaired) electrons. The molecule has 1 unspecified atom stereocenters. The van der Waals surface area contributed by atoms with Gasteiger partial charge in [-0.05, 0) is 17.0 Å². The van der Waals surface area contributed by atoms with Crippen molar-refractivity contribution in [3.63, 3.8) is 0 Å². The van der Waals surface area contributed by atoms with E-state index in [4.69, 9.17) is 0 Å². The van der Waals surface area contributed by atoms with Gasteiger partial charge in [0.25, 0.3) is 0 Å². The van der Waals surface area contributed by atoms with E-state index >= 15 is 0 Å². The first-order valence-corrected chi connectivity index (χ1v) is 6.56. The van der Waals surface area contributed by atoms with Crippen LogP contribution in [0.25, 0.3) is 0 Å². The Morgan fingerprint density at radius 3 is 2.37 bits per heavy atom. The molecule has 0 aliphatic heterocycles. The van der Waals surface area contributed by atoms with Gasteiger partial charge >= 0.3 is 0 Å². The van der Waals surface area contributed by atoms with Gasteiger partial charge in [0.2, 0.25) is 0 Å². The SMILES string of the molecule is CC(C)c1ccc(C(O)CNc2cnn(C)c2)cc1. The lowest BCUT2D eigenvalue weighted by Gasteiger charge is -2.13. The van der Waals surface area contributed by atoms with Gasteiger partial charge in [0.1, 0.15) is 0 Å². The lowest BCUT2D eigenvalue weighted by molar-refractivity contribution is 0.191. The quantitative estimate of drug-likeness (QED) is 0.868. The molecular weight excluding hydrogens is 238 g/mol. The minimum atomic E-state index is -0.513. The summed E-state index contributed by atoms with van der Waals surface area (Å²) in [7, 11) is 1.87. The maximum atomic E-state index is 10.1. The van der Waals surface area contributed by atoms with Crippen LogP contribution in [0.15, 0.2) is 36.7 Å². The average molecular weight is 259 g/mol. The second-order valence-corrected chi connectivity index (χ2v) is 5.12. The minimum absolute atomic E-state index is 0.479. The first-order chi connectivity index (χ1) is 9.06. The second kappa shape index (κ2) is 5.89. The number of aryl methyl sites for hydroxylation is 1. The summed E-state index contributed by atoms with van der Waals surface area (Å²) in [5, 5.41) is 17.4. The summed E-state index contributed by atoms with van der Waals surface area (Å²) in [6.45, 7) is 4.80. The topological polar surface area (TPSA) is 50.1 Å². The van der Waals surface area contributed by atoms with Crippen molar-refractivity contribution in [1.29, 1.82) is 0 Å². The molecule has 0 amide bonds. The van der Waals surface area contributed by atoms with Gasteiger partial charge in [0.05, 0.1) is 18.0 Å². The summed E-state index contributed by atoms with van der Waals surface area (Å²) in [4.78, 5) is 0. The summed E-state index contributed by atoms with van der Waals surface area (Å²) < 4.78 is 1.73. The zero-order valence-electron chi connectivity index (χ0n) is 11.7. The van der Waals surface area contributed by atoms with E-state index in [9.17, 15) is 5.11 Å². The van der Waals surface area contributed by atoms with Crippen molar-refractivity contribution in [2.24, 2.45) is 7.05 Å². The van der Waals surface area contributed by atoms with Crippen LogP contribution >= 0.6 is 0 Å². The zero-order chi connectivity index (χ0) is 13.8. The molecule has 0 aliphatic carbocycles. The fourth-order valence-electron chi connectivity index (χ4n) is 1.95. The molecule has 1 aromatic heterocycles. The molecular formula is C15H21N3O. The highest BCUT2D eigenvalue weighted by Gasteiger charge is 2.08. The summed E-state index contributed by atoms with van der Waals surface area (Å²) in [6, 6.07) is 8.14. The van der Waals surface area contributed by atoms with E-state index in [1.807, 2.05) is 25.4 Å². The van der Waals surface area contributed by atoms with Crippen LogP contribution in [0.1, 0.15) is 37.0 Å². The normalized spacial score (nSPS) is 12.7. The number of nitrogens with one attached hydrogen (secondary N) is 1. The van der Waals surface area contributed by atoms with Crippen LogP contribution in [0.3, 0.4) is 0 Å². The molecule has 102 valence electrons. The standard InChI is InChI=1S/C15H21N3O/c1-11(2)12-4-6-13(7-5-12)15(19)9-16-14-8-17-18(3)10-14/h4-8,10-11,15-16,19H,9H2,1-3H3. The van der Waals surface area contributed by atoms with Crippen LogP contribution < -0.4 is 5.32 Å². The molecule has 4 heteroatoms. The maximum Gasteiger partial charge on any atom is 0.0962 e. The Morgan fingerprint density at radius 1 is 1.21 bits per heavy atom. The van der Waals surface area contributed by atoms with E-state index in [2.05, 4.69) is 36.4 Å². The molecule has 2 rings (SSSR count). The average Bonchev–Trinajstić information content (AvgIpc) is 2.82. The molecule has 0 saturated carbocycles. The number of aliphatic hydroxyl groups excluding tert-OH is 1. The molecule has 0 aliphatic rings. The number of anilines is 1. The third kappa shape index (κ3) is 3.58. The predicted molar refractivity (Wildman–Crippen MR) is 77.2 cm³/mol. The molecule has 0 saturated heterocycles. The van der Waals surface area contributed by atoms with E-state index in [-0.39, 0.29) is 0 Å². The molecule has 2 aromatic rings. The largest absolute Gasteiger partial charge is 0.387 e. The van der Waals surface area contributed by atoms with Crippen LogP contribution in [0.4, 0.5) is 5.69 Å². The fraction of sp³-hybridized carbons (Fsp3) is 0.400. The van der Waals surface area contributed by atoms with Gasteiger partial charge in [-0.25, -0.2) is 0 Å². The monoisotopic (exact) mass is 259 g/mol. The van der Waals surface area contributed by atoms with Crippen molar-refractivity contribution >= 4 is 5.69 Å². The van der Waals surface area contributed by atoms with Crippen molar-refractivity contribution in [2.45, 2.75) is 25.9 Å². The summed E-state index contributed by atoms with van der Waals surface area (Å²) in [5.41, 5.74) is 3.14. The highest BCUT2D eigenvalue weighted by atomic mass is 16.3. The third-order valence-corrected chi connectivity index (χ3v) is 3.19. The van der Waals surface area contributed by atoms with Crippen molar-refractivity contribution < 1.29 is 5.11 Å². The zero-order valence-corrected chi connectivity index (χ0v) is 11.7. The Labute approximate surface area is 114 Å². The molecule has 1 aromatic carbocycles. The Hall–Kier alpha value is -1.81. The predicted octanol–water partition coefficient (Wildman–Crippen LogP) is 2.69. The first-order valence-electron chi connectivity index (χ1n) is 6.56. The minimum Gasteiger partial charge on any atom is -0.387 e. The van der Waals surface area contributed by atoms with Crippen LogP contribution in [0.2, 0.25) is 0 Å². The summed E-state index contributed by atoms with van der Waals surface area (Å²) in [6.07, 6.45) is 3.12. The second-order valence-electron chi connectivity index (χ2n) is 5.12. The van der Waals surface area contributed by atoms with Crippen molar-refractivity contribution in [1.82, 2.24) is 9.78 Å². The number of rotatable bonds is 5. The number of aromatic nitrogens is 2. The maximum absolute atomic E-state index is 10.1. The third-order valence-electron chi connectivity index (χ3n) is 3.19. The molecule has 2 N–H and O–H groups in total. The molecule has 0 spiro atoms. The van der Waals surface area contributed by atoms with Gasteiger partial charge in [-0.15, -0.1) is 0 Å².